The molecule has 0 aromatic carbocycles. The van der Waals surface area contributed by atoms with Gasteiger partial charge in [-0.25, -0.2) is 4.98 Å². The summed E-state index contributed by atoms with van der Waals surface area (Å²) in [7, 11) is 4.23. The molecule has 0 bridgehead atoms. The monoisotopic (exact) mass is 275 g/mol. The number of rotatable bonds is 8. The van der Waals surface area contributed by atoms with Gasteiger partial charge in [0.1, 0.15) is 5.01 Å². The van der Waals surface area contributed by atoms with Crippen LogP contribution in [0.3, 0.4) is 0 Å². The van der Waals surface area contributed by atoms with Crippen molar-refractivity contribution in [3.8, 4) is 0 Å². The largest absolute Gasteiger partial charge is 0.309 e. The van der Waals surface area contributed by atoms with Crippen molar-refractivity contribution < 1.29 is 0 Å². The van der Waals surface area contributed by atoms with E-state index in [1.807, 2.05) is 0 Å². The van der Waals surface area contributed by atoms with Crippen LogP contribution in [-0.2, 0) is 12.4 Å². The van der Waals surface area contributed by atoms with Crippen molar-refractivity contribution in [3.63, 3.8) is 0 Å². The van der Waals surface area contributed by atoms with Crippen molar-refractivity contribution in [2.45, 2.75) is 25.8 Å². The lowest BCUT2D eigenvalue weighted by Crippen LogP contribution is -2.26. The van der Waals surface area contributed by atoms with Crippen LogP contribution in [0.25, 0.3) is 0 Å². The van der Waals surface area contributed by atoms with E-state index in [-0.39, 0.29) is 0 Å². The summed E-state index contributed by atoms with van der Waals surface area (Å²) in [4.78, 5) is 9.15. The minimum atomic E-state index is 0.517. The van der Waals surface area contributed by atoms with Crippen LogP contribution in [0.4, 0.5) is 0 Å². The van der Waals surface area contributed by atoms with Crippen LogP contribution in [0.5, 0.6) is 0 Å². The minimum absolute atomic E-state index is 0.517. The van der Waals surface area contributed by atoms with Crippen molar-refractivity contribution in [2.75, 3.05) is 33.7 Å². The lowest BCUT2D eigenvalue weighted by Gasteiger charge is -2.20. The fraction of sp³-hybridized carbons (Fsp3) is 0.750. The molecule has 0 unspecified atom stereocenters. The standard InChI is InChI=1S/C12H22ClN3S/c1-4-16(7-5-6-15(2)3)9-12-14-11(8-13)10-17-12/h10H,4-9H2,1-3H3. The van der Waals surface area contributed by atoms with E-state index in [4.69, 9.17) is 11.6 Å². The highest BCUT2D eigenvalue weighted by molar-refractivity contribution is 7.09. The Hall–Kier alpha value is -0.160. The minimum Gasteiger partial charge on any atom is -0.309 e. The first kappa shape index (κ1) is 14.9. The zero-order valence-electron chi connectivity index (χ0n) is 10.9. The first-order valence-corrected chi connectivity index (χ1v) is 7.43. The molecule has 0 atom stereocenters. The quantitative estimate of drug-likeness (QED) is 0.680. The molecule has 1 aromatic heterocycles. The van der Waals surface area contributed by atoms with Crippen molar-refractivity contribution in [3.05, 3.63) is 16.1 Å². The second-order valence-corrected chi connectivity index (χ2v) is 5.60. The van der Waals surface area contributed by atoms with Crippen LogP contribution in [0, 0.1) is 0 Å². The Bertz CT molecular complexity index is 314. The summed E-state index contributed by atoms with van der Waals surface area (Å²) in [6.45, 7) is 6.49. The summed E-state index contributed by atoms with van der Waals surface area (Å²) in [5, 5.41) is 3.23. The second kappa shape index (κ2) is 8.03. The maximum Gasteiger partial charge on any atom is 0.107 e. The Morgan fingerprint density at radius 1 is 1.35 bits per heavy atom. The van der Waals surface area contributed by atoms with Crippen molar-refractivity contribution in [2.24, 2.45) is 0 Å². The average Bonchev–Trinajstić information content (AvgIpc) is 2.75. The highest BCUT2D eigenvalue weighted by Gasteiger charge is 2.07. The third-order valence-electron chi connectivity index (χ3n) is 2.62. The molecule has 3 nitrogen and oxygen atoms in total. The molecule has 0 aliphatic heterocycles. The molecular formula is C12H22ClN3S. The van der Waals surface area contributed by atoms with Gasteiger partial charge in [0, 0.05) is 5.38 Å². The Balaban J connectivity index is 2.35. The summed E-state index contributed by atoms with van der Waals surface area (Å²) in [5.41, 5.74) is 0.996. The molecule has 0 spiro atoms. The average molecular weight is 276 g/mol. The van der Waals surface area contributed by atoms with E-state index in [9.17, 15) is 0 Å². The van der Waals surface area contributed by atoms with Crippen LogP contribution in [0.2, 0.25) is 0 Å². The van der Waals surface area contributed by atoms with E-state index in [0.29, 0.717) is 5.88 Å². The van der Waals surface area contributed by atoms with Gasteiger partial charge in [-0.2, -0.15) is 0 Å². The molecule has 0 aliphatic carbocycles. The molecule has 17 heavy (non-hydrogen) atoms. The number of alkyl halides is 1. The molecule has 0 amide bonds. The van der Waals surface area contributed by atoms with E-state index in [1.165, 1.54) is 11.4 Å². The van der Waals surface area contributed by atoms with Gasteiger partial charge < -0.3 is 4.90 Å². The second-order valence-electron chi connectivity index (χ2n) is 4.39. The smallest absolute Gasteiger partial charge is 0.107 e. The molecule has 0 radical (unpaired) electrons. The topological polar surface area (TPSA) is 19.4 Å². The molecule has 98 valence electrons. The molecule has 0 saturated heterocycles. The van der Waals surface area contributed by atoms with E-state index < -0.39 is 0 Å². The van der Waals surface area contributed by atoms with Gasteiger partial charge in [-0.1, -0.05) is 6.92 Å². The summed E-state index contributed by atoms with van der Waals surface area (Å²) in [6, 6.07) is 0. The number of aromatic nitrogens is 1. The lowest BCUT2D eigenvalue weighted by molar-refractivity contribution is 0.259. The van der Waals surface area contributed by atoms with Crippen molar-refractivity contribution >= 4 is 22.9 Å². The Kier molecular flexibility index (Phi) is 7.04. The number of halogens is 1. The van der Waals surface area contributed by atoms with Gasteiger partial charge in [0.15, 0.2) is 0 Å². The predicted octanol–water partition coefficient (Wildman–Crippen LogP) is 2.66. The SMILES string of the molecule is CCN(CCCN(C)C)Cc1nc(CCl)cs1. The maximum absolute atomic E-state index is 5.75. The highest BCUT2D eigenvalue weighted by atomic mass is 35.5. The summed E-state index contributed by atoms with van der Waals surface area (Å²) in [5.74, 6) is 0.517. The van der Waals surface area contributed by atoms with E-state index >= 15 is 0 Å². The molecule has 1 rings (SSSR count). The molecule has 0 saturated carbocycles. The Labute approximate surface area is 113 Å². The Morgan fingerprint density at radius 3 is 2.65 bits per heavy atom. The van der Waals surface area contributed by atoms with Gasteiger partial charge in [0.05, 0.1) is 18.1 Å². The van der Waals surface area contributed by atoms with Gasteiger partial charge in [0.2, 0.25) is 0 Å². The molecule has 1 aromatic rings. The van der Waals surface area contributed by atoms with Gasteiger partial charge in [-0.3, -0.25) is 4.90 Å². The summed E-state index contributed by atoms with van der Waals surface area (Å²) < 4.78 is 0. The zero-order chi connectivity index (χ0) is 12.7. The molecule has 1 heterocycles. The fourth-order valence-electron chi connectivity index (χ4n) is 1.63. The number of hydrogen-bond acceptors (Lipinski definition) is 4. The van der Waals surface area contributed by atoms with Crippen LogP contribution < -0.4 is 0 Å². The lowest BCUT2D eigenvalue weighted by atomic mass is 10.3. The van der Waals surface area contributed by atoms with E-state index in [2.05, 4.69) is 41.2 Å². The molecule has 0 fully saturated rings. The fourth-order valence-corrected chi connectivity index (χ4v) is 2.70. The first-order valence-electron chi connectivity index (χ1n) is 6.02. The van der Waals surface area contributed by atoms with Crippen molar-refractivity contribution in [1.82, 2.24) is 14.8 Å². The van der Waals surface area contributed by atoms with Crippen LogP contribution >= 0.6 is 22.9 Å². The van der Waals surface area contributed by atoms with Crippen LogP contribution in [0.1, 0.15) is 24.0 Å². The van der Waals surface area contributed by atoms with Gasteiger partial charge in [0.25, 0.3) is 0 Å². The summed E-state index contributed by atoms with van der Waals surface area (Å²) >= 11 is 7.46. The van der Waals surface area contributed by atoms with E-state index in [1.54, 1.807) is 11.3 Å². The first-order chi connectivity index (χ1) is 8.15. The Morgan fingerprint density at radius 2 is 2.12 bits per heavy atom. The predicted molar refractivity (Wildman–Crippen MR) is 75.8 cm³/mol. The highest BCUT2D eigenvalue weighted by Crippen LogP contribution is 2.13. The summed E-state index contributed by atoms with van der Waals surface area (Å²) in [6.07, 6.45) is 1.20. The van der Waals surface area contributed by atoms with Gasteiger partial charge in [-0.05, 0) is 40.2 Å². The maximum atomic E-state index is 5.75. The number of thiazole rings is 1. The van der Waals surface area contributed by atoms with E-state index in [0.717, 1.165) is 31.9 Å². The third kappa shape index (κ3) is 5.82. The van der Waals surface area contributed by atoms with Gasteiger partial charge in [-0.15, -0.1) is 22.9 Å². The molecule has 5 heteroatoms. The van der Waals surface area contributed by atoms with Crippen LogP contribution in [-0.4, -0.2) is 48.5 Å². The number of nitrogens with zero attached hydrogens (tertiary/aromatic N) is 3. The van der Waals surface area contributed by atoms with Crippen molar-refractivity contribution in [1.29, 1.82) is 0 Å². The normalized spacial score (nSPS) is 11.6. The third-order valence-corrected chi connectivity index (χ3v) is 3.78. The van der Waals surface area contributed by atoms with Gasteiger partial charge >= 0.3 is 0 Å². The molecular weight excluding hydrogens is 254 g/mol. The molecule has 0 N–H and O–H groups in total. The van der Waals surface area contributed by atoms with Crippen LogP contribution in [0.15, 0.2) is 5.38 Å². The molecule has 0 aliphatic rings. The zero-order valence-corrected chi connectivity index (χ0v) is 12.5. The number of hydrogen-bond donors (Lipinski definition) is 0.